The zero-order chi connectivity index (χ0) is 12.8. The van der Waals surface area contributed by atoms with Crippen molar-refractivity contribution in [2.75, 3.05) is 0 Å². The quantitative estimate of drug-likeness (QED) is 0.532. The molecule has 0 saturated heterocycles. The Hall–Kier alpha value is -2.21. The van der Waals surface area contributed by atoms with E-state index in [1.165, 1.54) is 38.3 Å². The third kappa shape index (κ3) is 1.57. The van der Waals surface area contributed by atoms with Gasteiger partial charge in [-0.25, -0.2) is 0 Å². The molecule has 0 amide bonds. The van der Waals surface area contributed by atoms with E-state index >= 15 is 0 Å². The van der Waals surface area contributed by atoms with Gasteiger partial charge in [0.25, 0.3) is 0 Å². The standard InChI is InChI=1S/C19H15/c1-13-5-4-7-15-11-16-10-9-14-6-2-3-8-17(14)19(16)12-18(13)15/h2-10,12H,11H2,1H3/q+1. The SMILES string of the molecule is Cc1cccc2c1C=c1c(ccc3c1=CC=C[CH+]3)C2. The Labute approximate surface area is 113 Å². The normalized spacial score (nSPS) is 14.4. The molecular weight excluding hydrogens is 228 g/mol. The zero-order valence-corrected chi connectivity index (χ0v) is 11.0. The summed E-state index contributed by atoms with van der Waals surface area (Å²) in [5.41, 5.74) is 7.00. The minimum atomic E-state index is 1.05. The van der Waals surface area contributed by atoms with Gasteiger partial charge >= 0.3 is 0 Å². The smallest absolute Gasteiger partial charge is 0.0617 e. The molecule has 0 aliphatic heterocycles. The molecule has 0 aromatic heterocycles. The lowest BCUT2D eigenvalue weighted by Gasteiger charge is -2.15. The molecule has 2 aliphatic carbocycles. The maximum atomic E-state index is 2.37. The minimum Gasteiger partial charge on any atom is -0.0617 e. The minimum absolute atomic E-state index is 1.05. The van der Waals surface area contributed by atoms with Gasteiger partial charge in [-0.1, -0.05) is 18.2 Å². The fourth-order valence-electron chi connectivity index (χ4n) is 3.12. The maximum absolute atomic E-state index is 2.37. The van der Waals surface area contributed by atoms with Crippen molar-refractivity contribution in [2.45, 2.75) is 13.3 Å². The molecule has 0 atom stereocenters. The summed E-state index contributed by atoms with van der Waals surface area (Å²) in [5.74, 6) is 0. The fourth-order valence-corrected chi connectivity index (χ4v) is 3.12. The van der Waals surface area contributed by atoms with Gasteiger partial charge in [-0.15, -0.1) is 0 Å². The van der Waals surface area contributed by atoms with E-state index in [0.717, 1.165) is 6.42 Å². The van der Waals surface area contributed by atoms with E-state index in [2.05, 4.69) is 68.0 Å². The number of hydrogen-bond donors (Lipinski definition) is 0. The van der Waals surface area contributed by atoms with Gasteiger partial charge in [0, 0.05) is 42.4 Å². The Morgan fingerprint density at radius 2 is 1.95 bits per heavy atom. The van der Waals surface area contributed by atoms with Gasteiger partial charge in [0.15, 0.2) is 0 Å². The van der Waals surface area contributed by atoms with Crippen LogP contribution in [0.5, 0.6) is 0 Å². The molecule has 4 rings (SSSR count). The van der Waals surface area contributed by atoms with Crippen molar-refractivity contribution < 1.29 is 0 Å². The Morgan fingerprint density at radius 3 is 2.89 bits per heavy atom. The third-order valence-corrected chi connectivity index (χ3v) is 4.14. The van der Waals surface area contributed by atoms with E-state index in [1.54, 1.807) is 0 Å². The lowest BCUT2D eigenvalue weighted by molar-refractivity contribution is 1.11. The first-order chi connectivity index (χ1) is 9.33. The van der Waals surface area contributed by atoms with E-state index in [-0.39, 0.29) is 0 Å². The number of hydrogen-bond acceptors (Lipinski definition) is 0. The van der Waals surface area contributed by atoms with Crippen molar-refractivity contribution in [1.29, 1.82) is 0 Å². The molecule has 0 bridgehead atoms. The summed E-state index contributed by atoms with van der Waals surface area (Å²) >= 11 is 0. The first-order valence-electron chi connectivity index (χ1n) is 6.77. The molecule has 0 nitrogen and oxygen atoms in total. The first-order valence-corrected chi connectivity index (χ1v) is 6.77. The zero-order valence-electron chi connectivity index (χ0n) is 11.0. The van der Waals surface area contributed by atoms with Crippen molar-refractivity contribution in [1.82, 2.24) is 0 Å². The Kier molecular flexibility index (Phi) is 2.19. The summed E-state index contributed by atoms with van der Waals surface area (Å²) in [6.07, 6.45) is 12.1. The Bertz CT molecular complexity index is 820. The summed E-state index contributed by atoms with van der Waals surface area (Å²) in [7, 11) is 0. The van der Waals surface area contributed by atoms with E-state index in [9.17, 15) is 0 Å². The average Bonchev–Trinajstić information content (AvgIpc) is 2.46. The summed E-state index contributed by atoms with van der Waals surface area (Å²) in [5, 5.41) is 2.77. The fraction of sp³-hybridized carbons (Fsp3) is 0.105. The second-order valence-corrected chi connectivity index (χ2v) is 5.33. The highest BCUT2D eigenvalue weighted by molar-refractivity contribution is 5.65. The number of allylic oxidation sites excluding steroid dienone is 2. The van der Waals surface area contributed by atoms with Crippen LogP contribution in [0.15, 0.2) is 42.5 Å². The molecule has 90 valence electrons. The van der Waals surface area contributed by atoms with Gasteiger partial charge < -0.3 is 0 Å². The summed E-state index contributed by atoms with van der Waals surface area (Å²) in [4.78, 5) is 0. The highest BCUT2D eigenvalue weighted by Crippen LogP contribution is 2.21. The molecule has 0 spiro atoms. The second-order valence-electron chi connectivity index (χ2n) is 5.33. The third-order valence-electron chi connectivity index (χ3n) is 4.14. The number of rotatable bonds is 0. The summed E-state index contributed by atoms with van der Waals surface area (Å²) < 4.78 is 0. The van der Waals surface area contributed by atoms with Crippen LogP contribution in [0.2, 0.25) is 0 Å². The number of benzene rings is 2. The number of fused-ring (bicyclic) bond motifs is 4. The van der Waals surface area contributed by atoms with Crippen LogP contribution in [-0.4, -0.2) is 0 Å². The molecule has 19 heavy (non-hydrogen) atoms. The largest absolute Gasteiger partial charge is 0.104 e. The molecule has 0 fully saturated rings. The van der Waals surface area contributed by atoms with Gasteiger partial charge in [-0.05, 0) is 41.3 Å². The van der Waals surface area contributed by atoms with Gasteiger partial charge in [0.2, 0.25) is 0 Å². The molecule has 0 radical (unpaired) electrons. The Balaban J connectivity index is 2.12. The topological polar surface area (TPSA) is 0 Å². The molecular formula is C19H15+. The van der Waals surface area contributed by atoms with Gasteiger partial charge in [0.05, 0.1) is 5.22 Å². The van der Waals surface area contributed by atoms with Crippen molar-refractivity contribution in [3.8, 4) is 0 Å². The van der Waals surface area contributed by atoms with Crippen LogP contribution in [0.3, 0.4) is 0 Å². The second kappa shape index (κ2) is 3.89. The highest BCUT2D eigenvalue weighted by atomic mass is 14.2. The van der Waals surface area contributed by atoms with Crippen molar-refractivity contribution in [3.05, 3.63) is 87.2 Å². The first kappa shape index (κ1) is 10.7. The lowest BCUT2D eigenvalue weighted by atomic mass is 9.87. The summed E-state index contributed by atoms with van der Waals surface area (Å²) in [6.45, 7) is 2.20. The van der Waals surface area contributed by atoms with Crippen LogP contribution in [0, 0.1) is 13.3 Å². The van der Waals surface area contributed by atoms with E-state index in [4.69, 9.17) is 0 Å². The monoisotopic (exact) mass is 243 g/mol. The van der Waals surface area contributed by atoms with Gasteiger partial charge in [0.1, 0.15) is 5.56 Å². The van der Waals surface area contributed by atoms with E-state index in [0.29, 0.717) is 0 Å². The molecule has 0 heteroatoms. The molecule has 2 aromatic rings. The van der Waals surface area contributed by atoms with Crippen LogP contribution in [0.4, 0.5) is 0 Å². The predicted molar refractivity (Wildman–Crippen MR) is 80.3 cm³/mol. The van der Waals surface area contributed by atoms with Crippen LogP contribution in [-0.2, 0) is 6.42 Å². The molecule has 0 heterocycles. The predicted octanol–water partition coefficient (Wildman–Crippen LogP) is 2.63. The average molecular weight is 243 g/mol. The van der Waals surface area contributed by atoms with Crippen LogP contribution >= 0.6 is 0 Å². The van der Waals surface area contributed by atoms with Crippen LogP contribution in [0.25, 0.3) is 12.2 Å². The molecule has 2 aromatic carbocycles. The lowest BCUT2D eigenvalue weighted by Crippen LogP contribution is -2.34. The van der Waals surface area contributed by atoms with Gasteiger partial charge in [-0.3, -0.25) is 0 Å². The Morgan fingerprint density at radius 1 is 1.00 bits per heavy atom. The van der Waals surface area contributed by atoms with E-state index in [1.807, 2.05) is 0 Å². The van der Waals surface area contributed by atoms with Crippen LogP contribution in [0.1, 0.15) is 27.8 Å². The summed E-state index contributed by atoms with van der Waals surface area (Å²) in [6, 6.07) is 11.1. The van der Waals surface area contributed by atoms with Crippen molar-refractivity contribution in [3.63, 3.8) is 0 Å². The highest BCUT2D eigenvalue weighted by Gasteiger charge is 2.16. The molecule has 0 unspecified atom stereocenters. The van der Waals surface area contributed by atoms with Crippen molar-refractivity contribution >= 4 is 12.2 Å². The van der Waals surface area contributed by atoms with Crippen molar-refractivity contribution in [2.24, 2.45) is 0 Å². The molecule has 0 N–H and O–H groups in total. The maximum Gasteiger partial charge on any atom is 0.104 e. The van der Waals surface area contributed by atoms with Crippen LogP contribution < -0.4 is 10.4 Å². The van der Waals surface area contributed by atoms with E-state index < -0.39 is 0 Å². The van der Waals surface area contributed by atoms with Gasteiger partial charge in [-0.2, -0.15) is 0 Å². The number of aryl methyl sites for hydroxylation is 1. The molecule has 0 saturated carbocycles. The molecule has 2 aliphatic rings.